The Hall–Kier alpha value is -2.55. The molecule has 1 unspecified atom stereocenters. The second kappa shape index (κ2) is 8.22. The first-order valence-corrected chi connectivity index (χ1v) is 12.1. The quantitative estimate of drug-likeness (QED) is 0.250. The first-order valence-electron chi connectivity index (χ1n) is 7.94. The van der Waals surface area contributed by atoms with Crippen LogP contribution in [-0.4, -0.2) is 28.3 Å². The van der Waals surface area contributed by atoms with E-state index in [-0.39, 0.29) is 5.69 Å². The van der Waals surface area contributed by atoms with E-state index in [1.54, 1.807) is 35.7 Å². The van der Waals surface area contributed by atoms with Gasteiger partial charge in [-0.1, -0.05) is 12.1 Å². The molecule has 148 valence electrons. The lowest BCUT2D eigenvalue weighted by atomic mass is 10.1. The van der Waals surface area contributed by atoms with E-state index < -0.39 is 14.7 Å². The summed E-state index contributed by atoms with van der Waals surface area (Å²) in [4.78, 5) is 15.4. The van der Waals surface area contributed by atoms with Gasteiger partial charge in [0.05, 0.1) is 24.8 Å². The van der Waals surface area contributed by atoms with Gasteiger partial charge in [-0.3, -0.25) is 19.0 Å². The highest BCUT2D eigenvalue weighted by Crippen LogP contribution is 2.36. The predicted molar refractivity (Wildman–Crippen MR) is 115 cm³/mol. The normalized spacial score (nSPS) is 11.7. The Labute approximate surface area is 168 Å². The minimum atomic E-state index is -3.07. The highest BCUT2D eigenvalue weighted by Gasteiger charge is 2.17. The number of nitrogens with one attached hydrogen (secondary N) is 1. The Kier molecular flexibility index (Phi) is 5.93. The fourth-order valence-electron chi connectivity index (χ4n) is 2.47. The SMILES string of the molecule is COc1ccc([SH](=O)(P)Nc2nc(-c3cccc([N+](=O)[O-])c3)cs2)cc1OC. The summed E-state index contributed by atoms with van der Waals surface area (Å²) in [6.07, 6.45) is 0. The maximum Gasteiger partial charge on any atom is 0.270 e. The molecule has 11 heteroatoms. The second-order valence-corrected chi connectivity index (χ2v) is 10.8. The smallest absolute Gasteiger partial charge is 0.270 e. The summed E-state index contributed by atoms with van der Waals surface area (Å²) in [5.41, 5.74) is 1.17. The standard InChI is InChI=1S/C17H18N3O5PS2/c1-24-15-7-6-13(9-16(15)25-2)28(23,26)19-17-18-14(10-27-17)11-4-3-5-12(8-11)20(21)22/h3-10,28H,26H2,1-2H3,(H,18,19,23). The number of benzene rings is 2. The van der Waals surface area contributed by atoms with E-state index in [0.29, 0.717) is 32.8 Å². The second-order valence-electron chi connectivity index (χ2n) is 5.65. The zero-order valence-electron chi connectivity index (χ0n) is 15.0. The number of thiazole rings is 1. The molecule has 0 aliphatic rings. The summed E-state index contributed by atoms with van der Waals surface area (Å²) in [5.74, 6) is 1.01. The van der Waals surface area contributed by atoms with Gasteiger partial charge < -0.3 is 9.47 Å². The summed E-state index contributed by atoms with van der Waals surface area (Å²) in [5, 5.41) is 13.1. The summed E-state index contributed by atoms with van der Waals surface area (Å²) >= 11 is 1.26. The van der Waals surface area contributed by atoms with Gasteiger partial charge in [0.1, 0.15) is 0 Å². The Morgan fingerprint density at radius 1 is 1.18 bits per heavy atom. The van der Waals surface area contributed by atoms with E-state index >= 15 is 0 Å². The van der Waals surface area contributed by atoms with Crippen molar-refractivity contribution in [3.63, 3.8) is 0 Å². The molecule has 8 nitrogen and oxygen atoms in total. The van der Waals surface area contributed by atoms with Crippen molar-refractivity contribution in [3.05, 3.63) is 58.0 Å². The molecule has 0 aliphatic carbocycles. The van der Waals surface area contributed by atoms with Gasteiger partial charge in [0.2, 0.25) is 0 Å². The lowest BCUT2D eigenvalue weighted by molar-refractivity contribution is -0.384. The molecular formula is C17H18N3O5PS2. The number of nitro groups is 1. The number of hydrogen-bond donors (Lipinski definition) is 2. The number of anilines is 1. The van der Waals surface area contributed by atoms with Crippen LogP contribution in [0.2, 0.25) is 0 Å². The molecule has 0 saturated heterocycles. The first kappa shape index (κ1) is 20.2. The molecular weight excluding hydrogens is 421 g/mol. The van der Waals surface area contributed by atoms with Crippen molar-refractivity contribution in [2.75, 3.05) is 18.9 Å². The molecule has 0 saturated carbocycles. The lowest BCUT2D eigenvalue weighted by Gasteiger charge is -2.21. The zero-order chi connectivity index (χ0) is 20.3. The molecule has 1 heterocycles. The fraction of sp³-hybridized carbons (Fsp3) is 0.118. The predicted octanol–water partition coefficient (Wildman–Crippen LogP) is 3.93. The number of rotatable bonds is 7. The number of hydrogen-bond acceptors (Lipinski definition) is 7. The molecule has 2 aromatic carbocycles. The van der Waals surface area contributed by atoms with E-state index in [4.69, 9.17) is 9.47 Å². The van der Waals surface area contributed by atoms with Crippen LogP contribution in [0.4, 0.5) is 10.8 Å². The molecule has 3 rings (SSSR count). The molecule has 1 atom stereocenters. The van der Waals surface area contributed by atoms with Crippen LogP contribution >= 0.6 is 19.8 Å². The van der Waals surface area contributed by atoms with Crippen molar-refractivity contribution in [2.45, 2.75) is 4.90 Å². The molecule has 0 spiro atoms. The maximum absolute atomic E-state index is 13.2. The topological polar surface area (TPSA) is 104 Å². The number of nitro benzene ring substituents is 1. The number of non-ortho nitro benzene ring substituents is 1. The largest absolute Gasteiger partial charge is 0.493 e. The van der Waals surface area contributed by atoms with Crippen molar-refractivity contribution in [1.29, 1.82) is 0 Å². The van der Waals surface area contributed by atoms with Crippen molar-refractivity contribution in [2.24, 2.45) is 0 Å². The van der Waals surface area contributed by atoms with E-state index in [9.17, 15) is 14.3 Å². The Balaban J connectivity index is 1.85. The number of aromatic nitrogens is 1. The third-order valence-corrected chi connectivity index (χ3v) is 7.65. The van der Waals surface area contributed by atoms with Gasteiger partial charge in [0.25, 0.3) is 5.69 Å². The number of thiol groups is 1. The molecule has 0 radical (unpaired) electrons. The monoisotopic (exact) mass is 439 g/mol. The molecule has 0 amide bonds. The van der Waals surface area contributed by atoms with Gasteiger partial charge in [-0.2, -0.15) is 0 Å². The van der Waals surface area contributed by atoms with Crippen LogP contribution in [0.1, 0.15) is 0 Å². The molecule has 0 bridgehead atoms. The highest BCUT2D eigenvalue weighted by molar-refractivity contribution is 8.46. The van der Waals surface area contributed by atoms with Crippen LogP contribution in [0.15, 0.2) is 52.7 Å². The van der Waals surface area contributed by atoms with Crippen molar-refractivity contribution >= 4 is 40.3 Å². The Bertz CT molecular complexity index is 1070. The van der Waals surface area contributed by atoms with Crippen LogP contribution in [0.3, 0.4) is 0 Å². The first-order chi connectivity index (χ1) is 13.3. The van der Waals surface area contributed by atoms with Gasteiger partial charge in [0, 0.05) is 34.0 Å². The molecule has 28 heavy (non-hydrogen) atoms. The van der Waals surface area contributed by atoms with E-state index in [2.05, 4.69) is 18.1 Å². The van der Waals surface area contributed by atoms with Crippen LogP contribution in [0.5, 0.6) is 11.5 Å². The summed E-state index contributed by atoms with van der Waals surface area (Å²) in [7, 11) is 2.30. The molecule has 0 fully saturated rings. The van der Waals surface area contributed by atoms with Crippen LogP contribution in [-0.2, 0) is 9.74 Å². The van der Waals surface area contributed by atoms with Gasteiger partial charge in [-0.25, -0.2) is 4.98 Å². The highest BCUT2D eigenvalue weighted by atomic mass is 32.8. The summed E-state index contributed by atoms with van der Waals surface area (Å²) in [6.45, 7) is 0. The average Bonchev–Trinajstić information content (AvgIpc) is 3.15. The third kappa shape index (κ3) is 4.30. The van der Waals surface area contributed by atoms with Gasteiger partial charge in [-0.05, 0) is 30.3 Å². The minimum absolute atomic E-state index is 0.0120. The van der Waals surface area contributed by atoms with Crippen LogP contribution in [0, 0.1) is 10.1 Å². The van der Waals surface area contributed by atoms with Crippen LogP contribution < -0.4 is 14.2 Å². The van der Waals surface area contributed by atoms with Crippen molar-refractivity contribution in [1.82, 2.24) is 4.98 Å². The lowest BCUT2D eigenvalue weighted by Crippen LogP contribution is -2.14. The van der Waals surface area contributed by atoms with Crippen LogP contribution in [0.25, 0.3) is 11.3 Å². The van der Waals surface area contributed by atoms with Crippen molar-refractivity contribution < 1.29 is 18.6 Å². The Morgan fingerprint density at radius 3 is 2.61 bits per heavy atom. The van der Waals surface area contributed by atoms with Gasteiger partial charge in [-0.15, -0.1) is 11.3 Å². The molecule has 3 aromatic rings. The van der Waals surface area contributed by atoms with E-state index in [1.165, 1.54) is 37.7 Å². The maximum atomic E-state index is 13.2. The fourth-order valence-corrected chi connectivity index (χ4v) is 5.85. The zero-order valence-corrected chi connectivity index (χ0v) is 17.9. The summed E-state index contributed by atoms with van der Waals surface area (Å²) < 4.78 is 26.6. The number of methoxy groups -OCH3 is 2. The average molecular weight is 439 g/mol. The van der Waals surface area contributed by atoms with Crippen molar-refractivity contribution in [3.8, 4) is 22.8 Å². The third-order valence-electron chi connectivity index (χ3n) is 3.87. The molecule has 1 N–H and O–H groups in total. The molecule has 1 aromatic heterocycles. The Morgan fingerprint density at radius 2 is 1.93 bits per heavy atom. The van der Waals surface area contributed by atoms with Gasteiger partial charge in [0.15, 0.2) is 16.6 Å². The number of ether oxygens (including phenoxy) is 2. The minimum Gasteiger partial charge on any atom is -0.493 e. The van der Waals surface area contributed by atoms with Gasteiger partial charge >= 0.3 is 0 Å². The van der Waals surface area contributed by atoms with E-state index in [1.807, 2.05) is 0 Å². The summed E-state index contributed by atoms with van der Waals surface area (Å²) in [6, 6.07) is 11.2. The molecule has 0 aliphatic heterocycles. The van der Waals surface area contributed by atoms with E-state index in [0.717, 1.165) is 0 Å². The number of nitrogens with zero attached hydrogens (tertiary/aromatic N) is 2.